The van der Waals surface area contributed by atoms with Crippen LogP contribution in [-0.2, 0) is 0 Å². The summed E-state index contributed by atoms with van der Waals surface area (Å²) in [6.45, 7) is 3.41. The van der Waals surface area contributed by atoms with Gasteiger partial charge in [0.25, 0.3) is 5.91 Å². The number of carbonyl (C=O) groups is 1. The topological polar surface area (TPSA) is 32.3 Å². The highest BCUT2D eigenvalue weighted by atomic mass is 19.1. The molecule has 0 bridgehead atoms. The van der Waals surface area contributed by atoms with Gasteiger partial charge in [0.15, 0.2) is 0 Å². The van der Waals surface area contributed by atoms with Crippen LogP contribution >= 0.6 is 0 Å². The molecule has 2 aromatic carbocycles. The van der Waals surface area contributed by atoms with E-state index in [4.69, 9.17) is 0 Å². The molecule has 0 aromatic heterocycles. The predicted molar refractivity (Wildman–Crippen MR) is 96.8 cm³/mol. The molecule has 2 atom stereocenters. The summed E-state index contributed by atoms with van der Waals surface area (Å²) < 4.78 is 27.7. The highest BCUT2D eigenvalue weighted by molar-refractivity contribution is 5.95. The average Bonchev–Trinajstić information content (AvgIpc) is 3.00. The lowest BCUT2D eigenvalue weighted by Gasteiger charge is -2.21. The maximum absolute atomic E-state index is 14.6. The third-order valence-corrected chi connectivity index (χ3v) is 5.68. The summed E-state index contributed by atoms with van der Waals surface area (Å²) in [6, 6.07) is 10.5. The van der Waals surface area contributed by atoms with Crippen molar-refractivity contribution in [3.05, 3.63) is 59.7 Å². The molecule has 3 nitrogen and oxygen atoms in total. The fourth-order valence-corrected chi connectivity index (χ4v) is 4.10. The third kappa shape index (κ3) is 3.36. The van der Waals surface area contributed by atoms with Crippen LogP contribution in [0.25, 0.3) is 11.1 Å². The molecule has 2 saturated heterocycles. The van der Waals surface area contributed by atoms with Gasteiger partial charge < -0.3 is 10.2 Å². The van der Waals surface area contributed by atoms with Crippen LogP contribution in [-0.4, -0.2) is 37.0 Å². The molecule has 0 spiro atoms. The first kappa shape index (κ1) is 17.2. The standard InChI is InChI=1S/C21H22F2N2O/c22-18-4-1-14(2-5-18)15-3-6-19(20(23)11-15)21(26)25-9-7-16-12-24-13-17(16)8-10-25/h1-6,11,16-17,24H,7-10,12-13H2/t16-,17+. The normalized spacial score (nSPS) is 22.8. The Morgan fingerprint density at radius 3 is 2.15 bits per heavy atom. The number of amides is 1. The molecule has 136 valence electrons. The summed E-state index contributed by atoms with van der Waals surface area (Å²) in [7, 11) is 0. The summed E-state index contributed by atoms with van der Waals surface area (Å²) in [6.07, 6.45) is 1.94. The van der Waals surface area contributed by atoms with E-state index in [0.717, 1.165) is 31.5 Å². The van der Waals surface area contributed by atoms with Gasteiger partial charge in [0, 0.05) is 13.1 Å². The van der Waals surface area contributed by atoms with Crippen molar-refractivity contribution in [1.29, 1.82) is 0 Å². The Labute approximate surface area is 152 Å². The molecule has 2 aromatic rings. The average molecular weight is 356 g/mol. The monoisotopic (exact) mass is 356 g/mol. The second-order valence-corrected chi connectivity index (χ2v) is 7.25. The first-order chi connectivity index (χ1) is 12.6. The van der Waals surface area contributed by atoms with Crippen LogP contribution in [0.1, 0.15) is 23.2 Å². The molecular formula is C21H22F2N2O. The second-order valence-electron chi connectivity index (χ2n) is 7.25. The van der Waals surface area contributed by atoms with Crippen LogP contribution in [0, 0.1) is 23.5 Å². The van der Waals surface area contributed by atoms with Gasteiger partial charge in [-0.2, -0.15) is 0 Å². The minimum Gasteiger partial charge on any atom is -0.339 e. The number of carbonyl (C=O) groups excluding carboxylic acids is 1. The van der Waals surface area contributed by atoms with Gasteiger partial charge in [-0.3, -0.25) is 4.79 Å². The summed E-state index contributed by atoms with van der Waals surface area (Å²) in [5.41, 5.74) is 1.47. The fraction of sp³-hybridized carbons (Fsp3) is 0.381. The predicted octanol–water partition coefficient (Wildman–Crippen LogP) is 3.70. The van der Waals surface area contributed by atoms with Crippen molar-refractivity contribution in [1.82, 2.24) is 10.2 Å². The molecule has 2 heterocycles. The largest absolute Gasteiger partial charge is 0.339 e. The fourth-order valence-electron chi connectivity index (χ4n) is 4.10. The Balaban J connectivity index is 1.52. The van der Waals surface area contributed by atoms with Crippen LogP contribution in [0.2, 0.25) is 0 Å². The van der Waals surface area contributed by atoms with Crippen molar-refractivity contribution >= 4 is 5.91 Å². The minimum absolute atomic E-state index is 0.112. The molecule has 2 aliphatic rings. The molecule has 1 amide bonds. The second kappa shape index (κ2) is 7.16. The third-order valence-electron chi connectivity index (χ3n) is 5.68. The molecule has 0 saturated carbocycles. The molecule has 2 fully saturated rings. The lowest BCUT2D eigenvalue weighted by molar-refractivity contribution is 0.0754. The van der Waals surface area contributed by atoms with Gasteiger partial charge >= 0.3 is 0 Å². The Morgan fingerprint density at radius 2 is 1.54 bits per heavy atom. The minimum atomic E-state index is -0.525. The van der Waals surface area contributed by atoms with E-state index < -0.39 is 5.82 Å². The zero-order chi connectivity index (χ0) is 18.1. The number of hydrogen-bond acceptors (Lipinski definition) is 2. The van der Waals surface area contributed by atoms with Crippen LogP contribution in [0.4, 0.5) is 8.78 Å². The van der Waals surface area contributed by atoms with Gasteiger partial charge in [-0.05, 0) is 73.2 Å². The van der Waals surface area contributed by atoms with E-state index in [1.165, 1.54) is 18.2 Å². The molecule has 0 unspecified atom stereocenters. The van der Waals surface area contributed by atoms with Crippen LogP contribution < -0.4 is 5.32 Å². The molecule has 1 N–H and O–H groups in total. The van der Waals surface area contributed by atoms with E-state index in [-0.39, 0.29) is 17.3 Å². The van der Waals surface area contributed by atoms with E-state index in [1.807, 2.05) is 0 Å². The van der Waals surface area contributed by atoms with Gasteiger partial charge in [-0.25, -0.2) is 8.78 Å². The lowest BCUT2D eigenvalue weighted by atomic mass is 9.92. The highest BCUT2D eigenvalue weighted by Crippen LogP contribution is 2.28. The maximum Gasteiger partial charge on any atom is 0.256 e. The first-order valence-corrected chi connectivity index (χ1v) is 9.17. The molecular weight excluding hydrogens is 334 g/mol. The quantitative estimate of drug-likeness (QED) is 0.890. The van der Waals surface area contributed by atoms with Gasteiger partial charge in [0.05, 0.1) is 5.56 Å². The maximum atomic E-state index is 14.6. The van der Waals surface area contributed by atoms with Gasteiger partial charge in [-0.1, -0.05) is 18.2 Å². The smallest absolute Gasteiger partial charge is 0.256 e. The van der Waals surface area contributed by atoms with E-state index in [2.05, 4.69) is 5.32 Å². The number of benzene rings is 2. The summed E-state index contributed by atoms with van der Waals surface area (Å²) in [5.74, 6) is 0.156. The number of nitrogens with one attached hydrogen (secondary N) is 1. The SMILES string of the molecule is O=C(c1ccc(-c2ccc(F)cc2)cc1F)N1CC[C@@H]2CNC[C@@H]2CC1. The highest BCUT2D eigenvalue weighted by Gasteiger charge is 2.32. The molecule has 0 aliphatic carbocycles. The zero-order valence-electron chi connectivity index (χ0n) is 14.6. The molecule has 2 aliphatic heterocycles. The van der Waals surface area contributed by atoms with Crippen molar-refractivity contribution in [3.63, 3.8) is 0 Å². The van der Waals surface area contributed by atoms with Crippen molar-refractivity contribution < 1.29 is 13.6 Å². The number of nitrogens with zero attached hydrogens (tertiary/aromatic N) is 1. The molecule has 0 radical (unpaired) electrons. The van der Waals surface area contributed by atoms with E-state index in [9.17, 15) is 13.6 Å². The van der Waals surface area contributed by atoms with Crippen molar-refractivity contribution in [2.45, 2.75) is 12.8 Å². The summed E-state index contributed by atoms with van der Waals surface area (Å²) in [4.78, 5) is 14.6. The van der Waals surface area contributed by atoms with E-state index >= 15 is 0 Å². The van der Waals surface area contributed by atoms with E-state index in [0.29, 0.717) is 30.5 Å². The van der Waals surface area contributed by atoms with Gasteiger partial charge in [0.1, 0.15) is 11.6 Å². The van der Waals surface area contributed by atoms with Crippen molar-refractivity contribution in [2.75, 3.05) is 26.2 Å². The summed E-state index contributed by atoms with van der Waals surface area (Å²) >= 11 is 0. The van der Waals surface area contributed by atoms with E-state index in [1.54, 1.807) is 29.2 Å². The number of hydrogen-bond donors (Lipinski definition) is 1. The Bertz CT molecular complexity index is 792. The van der Waals surface area contributed by atoms with Gasteiger partial charge in [-0.15, -0.1) is 0 Å². The van der Waals surface area contributed by atoms with Crippen LogP contribution in [0.3, 0.4) is 0 Å². The van der Waals surface area contributed by atoms with Crippen LogP contribution in [0.5, 0.6) is 0 Å². The van der Waals surface area contributed by atoms with Crippen LogP contribution in [0.15, 0.2) is 42.5 Å². The van der Waals surface area contributed by atoms with Gasteiger partial charge in [0.2, 0.25) is 0 Å². The zero-order valence-corrected chi connectivity index (χ0v) is 14.6. The Hall–Kier alpha value is -2.27. The number of halogens is 2. The lowest BCUT2D eigenvalue weighted by Crippen LogP contribution is -2.33. The van der Waals surface area contributed by atoms with Crippen molar-refractivity contribution in [3.8, 4) is 11.1 Å². The first-order valence-electron chi connectivity index (χ1n) is 9.17. The molecule has 5 heteroatoms. The Kier molecular flexibility index (Phi) is 4.72. The molecule has 26 heavy (non-hydrogen) atoms. The summed E-state index contributed by atoms with van der Waals surface area (Å²) in [5, 5.41) is 3.42. The van der Waals surface area contributed by atoms with Crippen molar-refractivity contribution in [2.24, 2.45) is 11.8 Å². The number of likely N-dealkylation sites (tertiary alicyclic amines) is 1. The molecule has 4 rings (SSSR count). The number of rotatable bonds is 2. The number of fused-ring (bicyclic) bond motifs is 1. The Morgan fingerprint density at radius 1 is 0.923 bits per heavy atom.